The second kappa shape index (κ2) is 6.64. The number of aromatic nitrogens is 3. The molecule has 1 aliphatic rings. The van der Waals surface area contributed by atoms with Crippen molar-refractivity contribution in [2.24, 2.45) is 0 Å². The Balaban J connectivity index is 1.66. The molecule has 0 bridgehead atoms. The number of aryl methyl sites for hydroxylation is 1. The molecule has 0 atom stereocenters. The number of rotatable bonds is 4. The van der Waals surface area contributed by atoms with Gasteiger partial charge in [-0.3, -0.25) is 24.6 Å². The Morgan fingerprint density at radius 2 is 1.88 bits per heavy atom. The molecule has 1 aliphatic heterocycles. The predicted molar refractivity (Wildman–Crippen MR) is 91.2 cm³/mol. The van der Waals surface area contributed by atoms with Crippen LogP contribution in [0.1, 0.15) is 18.5 Å². The molecular weight excluding hydrogens is 310 g/mol. The molecule has 2 aromatic heterocycles. The molecule has 0 unspecified atom stereocenters. The fourth-order valence-electron chi connectivity index (χ4n) is 3.22. The number of hydrogen-bond acceptors (Lipinski definition) is 4. The zero-order chi connectivity index (χ0) is 17.3. The lowest BCUT2D eigenvalue weighted by atomic mass is 10.2. The van der Waals surface area contributed by atoms with Crippen LogP contribution in [0.2, 0.25) is 0 Å². The number of piperazine rings is 1. The first kappa shape index (κ1) is 16.5. The Hall–Kier alpha value is -2.35. The molecule has 0 spiro atoms. The van der Waals surface area contributed by atoms with Gasteiger partial charge in [0.05, 0.1) is 10.9 Å². The third-order valence-electron chi connectivity index (χ3n) is 4.74. The first-order valence-electron chi connectivity index (χ1n) is 8.24. The zero-order valence-corrected chi connectivity index (χ0v) is 14.1. The molecule has 8 nitrogen and oxygen atoms in total. The SMILES string of the molecule is Cc1c2c(=O)[nH][nH]c2cc(=O)n1CCCC(=O)N1CCN(C)CC1. The van der Waals surface area contributed by atoms with Crippen LogP contribution in [0.25, 0.3) is 10.9 Å². The molecule has 3 rings (SSSR count). The Morgan fingerprint density at radius 1 is 1.17 bits per heavy atom. The smallest absolute Gasteiger partial charge is 0.273 e. The fraction of sp³-hybridized carbons (Fsp3) is 0.562. The van der Waals surface area contributed by atoms with Crippen molar-refractivity contribution in [3.05, 3.63) is 32.5 Å². The molecular formula is C16H23N5O3. The highest BCUT2D eigenvalue weighted by Gasteiger charge is 2.18. The van der Waals surface area contributed by atoms with E-state index in [1.54, 1.807) is 11.5 Å². The quantitative estimate of drug-likeness (QED) is 0.816. The minimum atomic E-state index is -0.232. The lowest BCUT2D eigenvalue weighted by molar-refractivity contribution is -0.132. The van der Waals surface area contributed by atoms with Crippen molar-refractivity contribution in [1.29, 1.82) is 0 Å². The fourth-order valence-corrected chi connectivity index (χ4v) is 3.22. The number of carbonyl (C=O) groups excluding carboxylic acids is 1. The van der Waals surface area contributed by atoms with Crippen molar-refractivity contribution in [2.45, 2.75) is 26.3 Å². The summed E-state index contributed by atoms with van der Waals surface area (Å²) < 4.78 is 1.57. The predicted octanol–water partition coefficient (Wildman–Crippen LogP) is -0.119. The van der Waals surface area contributed by atoms with E-state index < -0.39 is 0 Å². The van der Waals surface area contributed by atoms with Crippen LogP contribution in [0.3, 0.4) is 0 Å². The molecule has 0 radical (unpaired) electrons. The highest BCUT2D eigenvalue weighted by molar-refractivity contribution is 5.79. The third-order valence-corrected chi connectivity index (χ3v) is 4.74. The van der Waals surface area contributed by atoms with Gasteiger partial charge in [0.1, 0.15) is 0 Å². The first-order valence-corrected chi connectivity index (χ1v) is 8.24. The summed E-state index contributed by atoms with van der Waals surface area (Å²) in [7, 11) is 2.05. The second-order valence-corrected chi connectivity index (χ2v) is 6.38. The van der Waals surface area contributed by atoms with E-state index in [0.29, 0.717) is 36.0 Å². The topological polar surface area (TPSA) is 94.2 Å². The van der Waals surface area contributed by atoms with Gasteiger partial charge in [-0.1, -0.05) is 0 Å². The summed E-state index contributed by atoms with van der Waals surface area (Å²) in [4.78, 5) is 40.4. The molecule has 2 N–H and O–H groups in total. The molecule has 0 saturated carbocycles. The van der Waals surface area contributed by atoms with E-state index in [2.05, 4.69) is 22.1 Å². The van der Waals surface area contributed by atoms with Crippen LogP contribution in [-0.2, 0) is 11.3 Å². The van der Waals surface area contributed by atoms with Gasteiger partial charge in [-0.2, -0.15) is 0 Å². The van der Waals surface area contributed by atoms with Crippen LogP contribution in [-0.4, -0.2) is 63.7 Å². The number of fused-ring (bicyclic) bond motifs is 1. The summed E-state index contributed by atoms with van der Waals surface area (Å²) >= 11 is 0. The van der Waals surface area contributed by atoms with Gasteiger partial charge in [0.25, 0.3) is 11.1 Å². The van der Waals surface area contributed by atoms with Crippen molar-refractivity contribution in [3.8, 4) is 0 Å². The Morgan fingerprint density at radius 3 is 2.58 bits per heavy atom. The average molecular weight is 333 g/mol. The highest BCUT2D eigenvalue weighted by atomic mass is 16.2. The number of nitrogens with zero attached hydrogens (tertiary/aromatic N) is 3. The maximum Gasteiger partial charge on any atom is 0.273 e. The molecule has 0 aliphatic carbocycles. The Labute approximate surface area is 139 Å². The van der Waals surface area contributed by atoms with E-state index in [-0.39, 0.29) is 17.0 Å². The van der Waals surface area contributed by atoms with Gasteiger partial charge in [-0.05, 0) is 20.4 Å². The van der Waals surface area contributed by atoms with Crippen LogP contribution in [0.5, 0.6) is 0 Å². The number of nitrogens with one attached hydrogen (secondary N) is 2. The maximum atomic E-state index is 12.3. The summed E-state index contributed by atoms with van der Waals surface area (Å²) in [6, 6.07) is 1.42. The third kappa shape index (κ3) is 3.14. The van der Waals surface area contributed by atoms with Gasteiger partial charge >= 0.3 is 0 Å². The highest BCUT2D eigenvalue weighted by Crippen LogP contribution is 2.10. The minimum absolute atomic E-state index is 0.134. The van der Waals surface area contributed by atoms with E-state index in [0.717, 1.165) is 26.2 Å². The number of hydrogen-bond donors (Lipinski definition) is 2. The van der Waals surface area contributed by atoms with Gasteiger partial charge in [-0.25, -0.2) is 0 Å². The van der Waals surface area contributed by atoms with E-state index in [4.69, 9.17) is 0 Å². The number of carbonyl (C=O) groups is 1. The molecule has 8 heteroatoms. The maximum absolute atomic E-state index is 12.3. The Bertz CT molecular complexity index is 855. The summed E-state index contributed by atoms with van der Waals surface area (Å²) in [6.45, 7) is 5.52. The van der Waals surface area contributed by atoms with Gasteiger partial charge in [-0.15, -0.1) is 0 Å². The standard InChI is InChI=1S/C16H23N5O3/c1-11-15-12(17-18-16(15)24)10-14(23)21(11)5-3-4-13(22)20-8-6-19(2)7-9-20/h10,17H,3-9H2,1-2H3,(H,18,24). The summed E-state index contributed by atoms with van der Waals surface area (Å²) in [5.41, 5.74) is 0.756. The van der Waals surface area contributed by atoms with Crippen molar-refractivity contribution in [1.82, 2.24) is 24.6 Å². The number of pyridine rings is 1. The number of H-pyrrole nitrogens is 2. The van der Waals surface area contributed by atoms with Crippen molar-refractivity contribution < 1.29 is 4.79 Å². The molecule has 3 heterocycles. The van der Waals surface area contributed by atoms with E-state index in [1.807, 2.05) is 4.90 Å². The number of likely N-dealkylation sites (N-methyl/N-ethyl adjacent to an activating group) is 1. The van der Waals surface area contributed by atoms with E-state index in [9.17, 15) is 14.4 Å². The van der Waals surface area contributed by atoms with Gasteiger partial charge in [0, 0.05) is 50.9 Å². The minimum Gasteiger partial charge on any atom is -0.340 e. The van der Waals surface area contributed by atoms with Crippen LogP contribution < -0.4 is 11.1 Å². The lowest BCUT2D eigenvalue weighted by Gasteiger charge is -2.32. The second-order valence-electron chi connectivity index (χ2n) is 6.38. The summed E-state index contributed by atoms with van der Waals surface area (Å²) in [5.74, 6) is 0.134. The van der Waals surface area contributed by atoms with Crippen LogP contribution >= 0.6 is 0 Å². The van der Waals surface area contributed by atoms with Crippen LogP contribution in [0.4, 0.5) is 0 Å². The summed E-state index contributed by atoms with van der Waals surface area (Å²) in [6.07, 6.45) is 0.997. The zero-order valence-electron chi connectivity index (χ0n) is 14.1. The van der Waals surface area contributed by atoms with Gasteiger partial charge < -0.3 is 14.4 Å². The monoisotopic (exact) mass is 333 g/mol. The van der Waals surface area contributed by atoms with Crippen molar-refractivity contribution in [2.75, 3.05) is 33.2 Å². The van der Waals surface area contributed by atoms with Crippen molar-refractivity contribution in [3.63, 3.8) is 0 Å². The molecule has 2 aromatic rings. The number of aromatic amines is 2. The number of amides is 1. The van der Waals surface area contributed by atoms with E-state index >= 15 is 0 Å². The average Bonchev–Trinajstić information content (AvgIpc) is 2.92. The van der Waals surface area contributed by atoms with Gasteiger partial charge in [0.15, 0.2) is 0 Å². The molecule has 1 saturated heterocycles. The van der Waals surface area contributed by atoms with Crippen LogP contribution in [0, 0.1) is 6.92 Å². The molecule has 130 valence electrons. The largest absolute Gasteiger partial charge is 0.340 e. The molecule has 1 fully saturated rings. The Kier molecular flexibility index (Phi) is 4.57. The lowest BCUT2D eigenvalue weighted by Crippen LogP contribution is -2.47. The summed E-state index contributed by atoms with van der Waals surface area (Å²) in [5, 5.41) is 5.70. The molecule has 0 aromatic carbocycles. The normalized spacial score (nSPS) is 16.0. The van der Waals surface area contributed by atoms with Crippen LogP contribution in [0.15, 0.2) is 15.7 Å². The van der Waals surface area contributed by atoms with Gasteiger partial charge in [0.2, 0.25) is 5.91 Å². The molecule has 24 heavy (non-hydrogen) atoms. The molecule has 1 amide bonds. The van der Waals surface area contributed by atoms with E-state index in [1.165, 1.54) is 6.07 Å². The van der Waals surface area contributed by atoms with Crippen molar-refractivity contribution >= 4 is 16.8 Å². The first-order chi connectivity index (χ1) is 11.5.